The molecule has 0 unspecified atom stereocenters. The van der Waals surface area contributed by atoms with E-state index in [2.05, 4.69) is 21.2 Å². The molecule has 1 aliphatic heterocycles. The molecule has 1 fully saturated rings. The Balaban J connectivity index is 1.91. The zero-order chi connectivity index (χ0) is 19.3. The highest BCUT2D eigenvalue weighted by Crippen LogP contribution is 2.26. The van der Waals surface area contributed by atoms with Crippen molar-refractivity contribution >= 4 is 27.9 Å². The topological polar surface area (TPSA) is 67.9 Å². The number of halogens is 1. The van der Waals surface area contributed by atoms with E-state index in [-0.39, 0.29) is 11.9 Å². The van der Waals surface area contributed by atoms with E-state index in [1.165, 1.54) is 0 Å². The van der Waals surface area contributed by atoms with Crippen molar-refractivity contribution in [2.24, 2.45) is 0 Å². The summed E-state index contributed by atoms with van der Waals surface area (Å²) >= 11 is 3.44. The Morgan fingerprint density at radius 2 is 2.08 bits per heavy atom. The molecular formula is C19H27BrN2O4. The Labute approximate surface area is 163 Å². The molecule has 0 saturated carbocycles. The van der Waals surface area contributed by atoms with Crippen molar-refractivity contribution in [1.29, 1.82) is 0 Å². The number of hydrogen-bond acceptors (Lipinski definition) is 4. The summed E-state index contributed by atoms with van der Waals surface area (Å²) < 4.78 is 11.3. The Kier molecular flexibility index (Phi) is 6.92. The Bertz CT molecular complexity index is 657. The summed E-state index contributed by atoms with van der Waals surface area (Å²) in [6.07, 6.45) is 1.59. The lowest BCUT2D eigenvalue weighted by atomic mass is 10.0. The first-order valence-corrected chi connectivity index (χ1v) is 9.57. The molecule has 2 rings (SSSR count). The summed E-state index contributed by atoms with van der Waals surface area (Å²) in [5, 5.41) is 2.87. The average Bonchev–Trinajstić information content (AvgIpc) is 2.53. The molecule has 26 heavy (non-hydrogen) atoms. The predicted molar refractivity (Wildman–Crippen MR) is 103 cm³/mol. The molecule has 1 aromatic carbocycles. The normalized spacial score (nSPS) is 17.6. The first-order chi connectivity index (χ1) is 12.2. The van der Waals surface area contributed by atoms with Crippen LogP contribution in [-0.2, 0) is 16.0 Å². The number of carbonyl (C=O) groups excluding carboxylic acids is 2. The number of piperidine rings is 1. The molecule has 0 bridgehead atoms. The van der Waals surface area contributed by atoms with E-state index in [0.29, 0.717) is 19.5 Å². The van der Waals surface area contributed by atoms with Crippen LogP contribution in [0.2, 0.25) is 0 Å². The number of ether oxygens (including phenoxy) is 2. The minimum atomic E-state index is -0.532. The maximum absolute atomic E-state index is 12.6. The number of hydrogen-bond donors (Lipinski definition) is 1. The minimum absolute atomic E-state index is 0.0535. The lowest BCUT2D eigenvalue weighted by Crippen LogP contribution is -2.50. The molecule has 0 aromatic heterocycles. The van der Waals surface area contributed by atoms with Crippen LogP contribution in [0.3, 0.4) is 0 Å². The zero-order valence-corrected chi connectivity index (χ0v) is 17.4. The van der Waals surface area contributed by atoms with E-state index in [4.69, 9.17) is 9.47 Å². The van der Waals surface area contributed by atoms with Crippen LogP contribution in [0.4, 0.5) is 4.79 Å². The Morgan fingerprint density at radius 1 is 1.35 bits per heavy atom. The monoisotopic (exact) mass is 426 g/mol. The van der Waals surface area contributed by atoms with Gasteiger partial charge in [0, 0.05) is 19.1 Å². The van der Waals surface area contributed by atoms with Crippen LogP contribution < -0.4 is 10.1 Å². The summed E-state index contributed by atoms with van der Waals surface area (Å²) in [4.78, 5) is 26.4. The van der Waals surface area contributed by atoms with Crippen molar-refractivity contribution < 1.29 is 19.1 Å². The molecule has 6 nitrogen and oxygen atoms in total. The molecule has 1 N–H and O–H groups in total. The van der Waals surface area contributed by atoms with Crippen molar-refractivity contribution in [2.45, 2.75) is 51.7 Å². The third kappa shape index (κ3) is 6.20. The van der Waals surface area contributed by atoms with Crippen molar-refractivity contribution in [2.75, 3.05) is 20.2 Å². The molecule has 1 saturated heterocycles. The molecule has 1 atom stereocenters. The van der Waals surface area contributed by atoms with Crippen molar-refractivity contribution in [3.8, 4) is 5.75 Å². The summed E-state index contributed by atoms with van der Waals surface area (Å²) in [5.41, 5.74) is 0.389. The summed E-state index contributed by atoms with van der Waals surface area (Å²) in [5.74, 6) is 0.790. The fourth-order valence-electron chi connectivity index (χ4n) is 2.90. The molecule has 1 heterocycles. The Morgan fingerprint density at radius 3 is 2.69 bits per heavy atom. The van der Waals surface area contributed by atoms with Gasteiger partial charge >= 0.3 is 6.09 Å². The SMILES string of the molecule is COc1ccc(CC(=O)N2CCC[C@@H](NC(=O)OC(C)(C)C)C2)cc1Br. The summed E-state index contributed by atoms with van der Waals surface area (Å²) in [7, 11) is 1.61. The third-order valence-electron chi connectivity index (χ3n) is 4.07. The molecule has 0 spiro atoms. The number of amides is 2. The standard InChI is InChI=1S/C19H27BrN2O4/c1-19(2,3)26-18(24)21-14-6-5-9-22(12-14)17(23)11-13-7-8-16(25-4)15(20)10-13/h7-8,10,14H,5-6,9,11-12H2,1-4H3,(H,21,24)/t14-/m1/s1. The number of nitrogens with zero attached hydrogens (tertiary/aromatic N) is 1. The van der Waals surface area contributed by atoms with Gasteiger partial charge in [-0.05, 0) is 67.2 Å². The smallest absolute Gasteiger partial charge is 0.407 e. The van der Waals surface area contributed by atoms with Crippen molar-refractivity contribution in [1.82, 2.24) is 10.2 Å². The van der Waals surface area contributed by atoms with Gasteiger partial charge in [-0.15, -0.1) is 0 Å². The molecule has 0 radical (unpaired) electrons. The van der Waals surface area contributed by atoms with E-state index >= 15 is 0 Å². The van der Waals surface area contributed by atoms with E-state index < -0.39 is 11.7 Å². The van der Waals surface area contributed by atoms with Crippen molar-refractivity contribution in [3.63, 3.8) is 0 Å². The van der Waals surface area contributed by atoms with Gasteiger partial charge in [0.1, 0.15) is 11.4 Å². The van der Waals surface area contributed by atoms with Crippen LogP contribution in [-0.4, -0.2) is 48.7 Å². The molecule has 2 amide bonds. The highest BCUT2D eigenvalue weighted by molar-refractivity contribution is 9.10. The number of benzene rings is 1. The number of rotatable bonds is 4. The fourth-order valence-corrected chi connectivity index (χ4v) is 3.49. The first kappa shape index (κ1) is 20.6. The second kappa shape index (κ2) is 8.75. The molecule has 144 valence electrons. The predicted octanol–water partition coefficient (Wildman–Crippen LogP) is 3.52. The van der Waals surface area contributed by atoms with E-state index in [0.717, 1.165) is 28.6 Å². The van der Waals surface area contributed by atoms with Gasteiger partial charge in [-0.25, -0.2) is 4.79 Å². The van der Waals surface area contributed by atoms with Gasteiger partial charge in [0.25, 0.3) is 0 Å². The highest BCUT2D eigenvalue weighted by atomic mass is 79.9. The largest absolute Gasteiger partial charge is 0.496 e. The maximum atomic E-state index is 12.6. The van der Waals surface area contributed by atoms with Crippen LogP contribution in [0.15, 0.2) is 22.7 Å². The molecule has 7 heteroatoms. The third-order valence-corrected chi connectivity index (χ3v) is 4.69. The second-order valence-corrected chi connectivity index (χ2v) is 8.33. The first-order valence-electron chi connectivity index (χ1n) is 8.77. The molecule has 0 aliphatic carbocycles. The number of carbonyl (C=O) groups is 2. The van der Waals surface area contributed by atoms with Gasteiger partial charge in [-0.2, -0.15) is 0 Å². The van der Waals surface area contributed by atoms with E-state index in [1.807, 2.05) is 43.9 Å². The number of likely N-dealkylation sites (tertiary alicyclic amines) is 1. The quantitative estimate of drug-likeness (QED) is 0.799. The van der Waals surface area contributed by atoms with Gasteiger partial charge < -0.3 is 19.7 Å². The van der Waals surface area contributed by atoms with Gasteiger partial charge in [-0.1, -0.05) is 6.07 Å². The van der Waals surface area contributed by atoms with E-state index in [1.54, 1.807) is 7.11 Å². The van der Waals surface area contributed by atoms with Crippen molar-refractivity contribution in [3.05, 3.63) is 28.2 Å². The van der Waals surface area contributed by atoms with Gasteiger partial charge in [0.2, 0.25) is 5.91 Å². The van der Waals surface area contributed by atoms with E-state index in [9.17, 15) is 9.59 Å². The fraction of sp³-hybridized carbons (Fsp3) is 0.579. The molecule has 1 aliphatic rings. The second-order valence-electron chi connectivity index (χ2n) is 7.47. The van der Waals surface area contributed by atoms with Gasteiger partial charge in [0.05, 0.1) is 18.0 Å². The van der Waals surface area contributed by atoms with Crippen LogP contribution in [0.25, 0.3) is 0 Å². The van der Waals surface area contributed by atoms with Crippen LogP contribution in [0.5, 0.6) is 5.75 Å². The summed E-state index contributed by atoms with van der Waals surface area (Å²) in [6.45, 7) is 6.71. The number of nitrogens with one attached hydrogen (secondary N) is 1. The van der Waals surface area contributed by atoms with Crippen LogP contribution in [0.1, 0.15) is 39.2 Å². The zero-order valence-electron chi connectivity index (χ0n) is 15.8. The van der Waals surface area contributed by atoms with Crippen LogP contribution in [0, 0.1) is 0 Å². The van der Waals surface area contributed by atoms with Crippen LogP contribution >= 0.6 is 15.9 Å². The maximum Gasteiger partial charge on any atom is 0.407 e. The average molecular weight is 427 g/mol. The minimum Gasteiger partial charge on any atom is -0.496 e. The number of alkyl carbamates (subject to hydrolysis) is 1. The lowest BCUT2D eigenvalue weighted by Gasteiger charge is -2.33. The summed E-state index contributed by atoms with van der Waals surface area (Å²) in [6, 6.07) is 5.56. The molecule has 1 aromatic rings. The Hall–Kier alpha value is -1.76. The van der Waals surface area contributed by atoms with Gasteiger partial charge in [-0.3, -0.25) is 4.79 Å². The highest BCUT2D eigenvalue weighted by Gasteiger charge is 2.26. The number of methoxy groups -OCH3 is 1. The molecular weight excluding hydrogens is 400 g/mol. The van der Waals surface area contributed by atoms with Gasteiger partial charge in [0.15, 0.2) is 0 Å². The lowest BCUT2D eigenvalue weighted by molar-refractivity contribution is -0.131.